The van der Waals surface area contributed by atoms with E-state index in [1.807, 2.05) is 19.1 Å². The number of aromatic nitrogens is 1. The molecule has 2 aromatic rings. The molecule has 0 saturated heterocycles. The summed E-state index contributed by atoms with van der Waals surface area (Å²) in [7, 11) is -3.25. The summed E-state index contributed by atoms with van der Waals surface area (Å²) < 4.78 is 23.6. The highest BCUT2D eigenvalue weighted by molar-refractivity contribution is 7.90. The number of nitrogens with one attached hydrogen (secondary N) is 1. The van der Waals surface area contributed by atoms with Crippen LogP contribution in [0.5, 0.6) is 0 Å². The first-order chi connectivity index (χ1) is 13.3. The summed E-state index contributed by atoms with van der Waals surface area (Å²) in [6.45, 7) is 1.97. The van der Waals surface area contributed by atoms with Gasteiger partial charge in [0.25, 0.3) is 0 Å². The lowest BCUT2D eigenvalue weighted by atomic mass is 9.80. The maximum Gasteiger partial charge on any atom is 0.237 e. The van der Waals surface area contributed by atoms with Crippen LogP contribution >= 0.6 is 11.3 Å². The Morgan fingerprint density at radius 3 is 2.43 bits per heavy atom. The number of benzene rings is 1. The van der Waals surface area contributed by atoms with Crippen LogP contribution in [0.25, 0.3) is 0 Å². The Morgan fingerprint density at radius 1 is 1.18 bits per heavy atom. The molecule has 5 nitrogen and oxygen atoms in total. The summed E-state index contributed by atoms with van der Waals surface area (Å²) in [4.78, 5) is 19.0. The zero-order valence-corrected chi connectivity index (χ0v) is 17.9. The summed E-state index contributed by atoms with van der Waals surface area (Å²) >= 11 is 1.48. The van der Waals surface area contributed by atoms with Gasteiger partial charge in [-0.15, -0.1) is 11.3 Å². The Morgan fingerprint density at radius 2 is 1.86 bits per heavy atom. The van der Waals surface area contributed by atoms with Crippen molar-refractivity contribution >= 4 is 32.2 Å². The lowest BCUT2D eigenvalue weighted by Gasteiger charge is -2.25. The SMILES string of the molecule is Cc1cnc(NC(=O)C2(c3ccc(S(C)(=O)=O)cc3)CC2C2CCCCC2)s1. The highest BCUT2D eigenvalue weighted by Crippen LogP contribution is 2.61. The number of carbonyl (C=O) groups is 1. The van der Waals surface area contributed by atoms with E-state index in [9.17, 15) is 13.2 Å². The van der Waals surface area contributed by atoms with E-state index in [1.165, 1.54) is 49.7 Å². The van der Waals surface area contributed by atoms with E-state index in [0.29, 0.717) is 17.0 Å². The van der Waals surface area contributed by atoms with Crippen LogP contribution in [0.4, 0.5) is 5.13 Å². The number of anilines is 1. The lowest BCUT2D eigenvalue weighted by molar-refractivity contribution is -0.119. The fourth-order valence-electron chi connectivity index (χ4n) is 4.74. The number of amides is 1. The average Bonchev–Trinajstić information content (AvgIpc) is 3.32. The fourth-order valence-corrected chi connectivity index (χ4v) is 6.03. The summed E-state index contributed by atoms with van der Waals surface area (Å²) in [5.41, 5.74) is 0.346. The number of nitrogens with zero attached hydrogens (tertiary/aromatic N) is 1. The molecule has 4 rings (SSSR count). The van der Waals surface area contributed by atoms with E-state index in [0.717, 1.165) is 16.9 Å². The summed E-state index contributed by atoms with van der Waals surface area (Å²) in [5, 5.41) is 3.66. The van der Waals surface area contributed by atoms with Crippen molar-refractivity contribution < 1.29 is 13.2 Å². The Balaban J connectivity index is 1.65. The first-order valence-electron chi connectivity index (χ1n) is 9.85. The zero-order valence-electron chi connectivity index (χ0n) is 16.3. The number of rotatable bonds is 5. The molecule has 2 fully saturated rings. The first-order valence-corrected chi connectivity index (χ1v) is 12.6. The first kappa shape index (κ1) is 19.6. The van der Waals surface area contributed by atoms with Gasteiger partial charge in [0.15, 0.2) is 15.0 Å². The van der Waals surface area contributed by atoms with Gasteiger partial charge in [0.1, 0.15) is 0 Å². The van der Waals surface area contributed by atoms with Crippen LogP contribution in [0.1, 0.15) is 49.0 Å². The van der Waals surface area contributed by atoms with Crippen LogP contribution in [0.2, 0.25) is 0 Å². The van der Waals surface area contributed by atoms with Gasteiger partial charge in [-0.2, -0.15) is 0 Å². The monoisotopic (exact) mass is 418 g/mol. The Labute approximate surface area is 170 Å². The van der Waals surface area contributed by atoms with Gasteiger partial charge in [-0.3, -0.25) is 4.79 Å². The number of sulfone groups is 1. The van der Waals surface area contributed by atoms with E-state index >= 15 is 0 Å². The second-order valence-corrected chi connectivity index (χ2v) is 11.5. The van der Waals surface area contributed by atoms with Crippen molar-refractivity contribution in [3.63, 3.8) is 0 Å². The molecular weight excluding hydrogens is 392 g/mol. The number of carbonyl (C=O) groups excluding carboxylic acids is 1. The molecule has 2 unspecified atom stereocenters. The van der Waals surface area contributed by atoms with Crippen molar-refractivity contribution in [2.75, 3.05) is 11.6 Å². The summed E-state index contributed by atoms with van der Waals surface area (Å²) in [5.74, 6) is 0.870. The highest BCUT2D eigenvalue weighted by atomic mass is 32.2. The fraction of sp³-hybridized carbons (Fsp3) is 0.524. The molecule has 2 aliphatic rings. The second kappa shape index (κ2) is 7.26. The van der Waals surface area contributed by atoms with Gasteiger partial charge in [0.2, 0.25) is 5.91 Å². The van der Waals surface area contributed by atoms with Crippen molar-refractivity contribution in [2.24, 2.45) is 11.8 Å². The molecule has 1 amide bonds. The largest absolute Gasteiger partial charge is 0.301 e. The Kier molecular flexibility index (Phi) is 5.08. The van der Waals surface area contributed by atoms with Crippen LogP contribution in [0, 0.1) is 18.8 Å². The van der Waals surface area contributed by atoms with Crippen LogP contribution in [0.15, 0.2) is 35.4 Å². The van der Waals surface area contributed by atoms with Crippen molar-refractivity contribution in [3.8, 4) is 0 Å². The van der Waals surface area contributed by atoms with Gasteiger partial charge in [-0.05, 0) is 42.9 Å². The normalized spacial score (nSPS) is 25.4. The maximum absolute atomic E-state index is 13.4. The minimum absolute atomic E-state index is 0.00970. The molecule has 28 heavy (non-hydrogen) atoms. The van der Waals surface area contributed by atoms with Crippen molar-refractivity contribution in [1.82, 2.24) is 4.98 Å². The number of hydrogen-bond donors (Lipinski definition) is 1. The van der Waals surface area contributed by atoms with Crippen molar-refractivity contribution in [3.05, 3.63) is 40.9 Å². The van der Waals surface area contributed by atoms with E-state index in [-0.39, 0.29) is 10.8 Å². The predicted octanol–water partition coefficient (Wildman–Crippen LogP) is 4.33. The van der Waals surface area contributed by atoms with Gasteiger partial charge < -0.3 is 5.32 Å². The van der Waals surface area contributed by atoms with Gasteiger partial charge in [0, 0.05) is 17.3 Å². The molecule has 0 bridgehead atoms. The Hall–Kier alpha value is -1.73. The van der Waals surface area contributed by atoms with Crippen LogP contribution in [-0.4, -0.2) is 25.6 Å². The summed E-state index contributed by atoms with van der Waals surface area (Å²) in [6.07, 6.45) is 9.90. The summed E-state index contributed by atoms with van der Waals surface area (Å²) in [6, 6.07) is 6.91. The molecular formula is C21H26N2O3S2. The molecule has 150 valence electrons. The molecule has 0 radical (unpaired) electrons. The third kappa shape index (κ3) is 3.62. The molecule has 1 aromatic heterocycles. The molecule has 1 aromatic carbocycles. The standard InChI is InChI=1S/C21H26N2O3S2/c1-14-13-22-20(27-14)23-19(24)21(12-18(21)15-6-4-3-5-7-15)16-8-10-17(11-9-16)28(2,25)26/h8-11,13,15,18H,3-7,12H2,1-2H3,(H,22,23,24). The lowest BCUT2D eigenvalue weighted by Crippen LogP contribution is -2.32. The van der Waals surface area contributed by atoms with Crippen molar-refractivity contribution in [2.45, 2.75) is 55.8 Å². The van der Waals surface area contributed by atoms with Gasteiger partial charge >= 0.3 is 0 Å². The third-order valence-electron chi connectivity index (χ3n) is 6.28. The molecule has 1 N–H and O–H groups in total. The Bertz CT molecular complexity index is 975. The number of hydrogen-bond acceptors (Lipinski definition) is 5. The van der Waals surface area contributed by atoms with Gasteiger partial charge in [-0.25, -0.2) is 13.4 Å². The minimum Gasteiger partial charge on any atom is -0.301 e. The number of aryl methyl sites for hydroxylation is 1. The molecule has 1 heterocycles. The molecule has 2 atom stereocenters. The van der Waals surface area contributed by atoms with E-state index < -0.39 is 15.3 Å². The maximum atomic E-state index is 13.4. The van der Waals surface area contributed by atoms with Crippen LogP contribution < -0.4 is 5.32 Å². The van der Waals surface area contributed by atoms with Crippen LogP contribution in [-0.2, 0) is 20.0 Å². The topological polar surface area (TPSA) is 76.1 Å². The minimum atomic E-state index is -3.25. The average molecular weight is 419 g/mol. The van der Waals surface area contributed by atoms with Crippen molar-refractivity contribution in [1.29, 1.82) is 0 Å². The van der Waals surface area contributed by atoms with E-state index in [2.05, 4.69) is 10.3 Å². The smallest absolute Gasteiger partial charge is 0.237 e. The quantitative estimate of drug-likeness (QED) is 0.784. The zero-order chi connectivity index (χ0) is 19.9. The van der Waals surface area contributed by atoms with Crippen LogP contribution in [0.3, 0.4) is 0 Å². The predicted molar refractivity (Wildman–Crippen MR) is 111 cm³/mol. The molecule has 7 heteroatoms. The van der Waals surface area contributed by atoms with E-state index in [4.69, 9.17) is 0 Å². The van der Waals surface area contributed by atoms with Gasteiger partial charge in [-0.1, -0.05) is 44.2 Å². The third-order valence-corrected chi connectivity index (χ3v) is 8.23. The molecule has 2 saturated carbocycles. The second-order valence-electron chi connectivity index (χ2n) is 8.21. The van der Waals surface area contributed by atoms with E-state index in [1.54, 1.807) is 18.3 Å². The molecule has 0 aliphatic heterocycles. The molecule has 2 aliphatic carbocycles. The van der Waals surface area contributed by atoms with Gasteiger partial charge in [0.05, 0.1) is 10.3 Å². The molecule has 0 spiro atoms. The highest BCUT2D eigenvalue weighted by Gasteiger charge is 2.63. The number of thiazole rings is 1.